The Morgan fingerprint density at radius 3 is 2.00 bits per heavy atom. The first-order chi connectivity index (χ1) is 16.2. The van der Waals surface area contributed by atoms with Crippen LogP contribution in [0, 0.1) is 12.8 Å². The number of fused-ring (bicyclic) bond motifs is 1. The standard InChI is InChI=1S/C31H32O2/c1-21-7-11-24(12-8-21)31-28-6-4-5-25(19-22-9-15-26(32-2)16-10-22)29(28)20-30(31)23-13-17-27(33-3)18-14-23/h7-20,28,30-31H,4-6H2,1-3H3/b25-19+/t28?,30-,31+/m1/s1. The van der Waals surface area contributed by atoms with Gasteiger partial charge in [-0.15, -0.1) is 0 Å². The number of benzene rings is 3. The summed E-state index contributed by atoms with van der Waals surface area (Å²) in [4.78, 5) is 0. The predicted molar refractivity (Wildman–Crippen MR) is 136 cm³/mol. The first-order valence-electron chi connectivity index (χ1n) is 11.9. The molecule has 0 spiro atoms. The van der Waals surface area contributed by atoms with Crippen molar-refractivity contribution in [1.29, 1.82) is 0 Å². The average molecular weight is 437 g/mol. The summed E-state index contributed by atoms with van der Waals surface area (Å²) in [6.07, 6.45) is 8.58. The smallest absolute Gasteiger partial charge is 0.118 e. The van der Waals surface area contributed by atoms with E-state index >= 15 is 0 Å². The summed E-state index contributed by atoms with van der Waals surface area (Å²) in [7, 11) is 3.44. The van der Waals surface area contributed by atoms with Crippen LogP contribution in [0.3, 0.4) is 0 Å². The summed E-state index contributed by atoms with van der Waals surface area (Å²) < 4.78 is 10.8. The summed E-state index contributed by atoms with van der Waals surface area (Å²) >= 11 is 0. The van der Waals surface area contributed by atoms with Gasteiger partial charge in [0.1, 0.15) is 11.5 Å². The SMILES string of the molecule is COc1ccc(/C=C2\CCCC3C2=C[C@H](c2ccc(OC)cc2)[C@H]3c2ccc(C)cc2)cc1. The Morgan fingerprint density at radius 1 is 0.758 bits per heavy atom. The Kier molecular flexibility index (Phi) is 6.09. The van der Waals surface area contributed by atoms with Gasteiger partial charge in [-0.25, -0.2) is 0 Å². The van der Waals surface area contributed by atoms with E-state index in [1.807, 2.05) is 12.1 Å². The van der Waals surface area contributed by atoms with Gasteiger partial charge in [0.25, 0.3) is 0 Å². The molecule has 3 atom stereocenters. The van der Waals surface area contributed by atoms with E-state index in [4.69, 9.17) is 9.47 Å². The lowest BCUT2D eigenvalue weighted by Crippen LogP contribution is -2.18. The molecule has 1 fully saturated rings. The van der Waals surface area contributed by atoms with Gasteiger partial charge in [0, 0.05) is 11.8 Å². The minimum atomic E-state index is 0.371. The highest BCUT2D eigenvalue weighted by atomic mass is 16.5. The topological polar surface area (TPSA) is 18.5 Å². The molecule has 3 aromatic rings. The van der Waals surface area contributed by atoms with Crippen LogP contribution in [0.5, 0.6) is 11.5 Å². The third-order valence-electron chi connectivity index (χ3n) is 7.33. The molecule has 0 heterocycles. The van der Waals surface area contributed by atoms with Gasteiger partial charge < -0.3 is 9.47 Å². The van der Waals surface area contributed by atoms with Crippen LogP contribution < -0.4 is 9.47 Å². The number of ether oxygens (including phenoxy) is 2. The molecule has 2 aliphatic carbocycles. The molecule has 2 aliphatic rings. The molecule has 168 valence electrons. The largest absolute Gasteiger partial charge is 0.497 e. The number of hydrogen-bond acceptors (Lipinski definition) is 2. The van der Waals surface area contributed by atoms with Crippen molar-refractivity contribution in [2.75, 3.05) is 14.2 Å². The van der Waals surface area contributed by atoms with E-state index in [-0.39, 0.29) is 0 Å². The van der Waals surface area contributed by atoms with Crippen molar-refractivity contribution >= 4 is 6.08 Å². The Hall–Kier alpha value is -3.26. The Labute approximate surface area is 197 Å². The maximum absolute atomic E-state index is 5.42. The lowest BCUT2D eigenvalue weighted by molar-refractivity contribution is 0.413. The van der Waals surface area contributed by atoms with Crippen molar-refractivity contribution in [1.82, 2.24) is 0 Å². The van der Waals surface area contributed by atoms with Crippen LogP contribution in [-0.4, -0.2) is 14.2 Å². The molecule has 1 unspecified atom stereocenters. The number of hydrogen-bond donors (Lipinski definition) is 0. The molecular formula is C31H32O2. The molecule has 2 nitrogen and oxygen atoms in total. The minimum absolute atomic E-state index is 0.371. The lowest BCUT2D eigenvalue weighted by Gasteiger charge is -2.31. The van der Waals surface area contributed by atoms with Gasteiger partial charge in [0.2, 0.25) is 0 Å². The maximum atomic E-state index is 5.42. The Bertz CT molecular complexity index is 1150. The van der Waals surface area contributed by atoms with E-state index in [2.05, 4.69) is 79.7 Å². The summed E-state index contributed by atoms with van der Waals surface area (Å²) in [5, 5.41) is 0. The second kappa shape index (κ2) is 9.31. The van der Waals surface area contributed by atoms with E-state index in [1.54, 1.807) is 19.8 Å². The van der Waals surface area contributed by atoms with Crippen molar-refractivity contribution < 1.29 is 9.47 Å². The fraction of sp³-hybridized carbons (Fsp3) is 0.290. The van der Waals surface area contributed by atoms with Gasteiger partial charge in [-0.2, -0.15) is 0 Å². The van der Waals surface area contributed by atoms with E-state index in [9.17, 15) is 0 Å². The zero-order chi connectivity index (χ0) is 22.8. The van der Waals surface area contributed by atoms with Gasteiger partial charge in [0.15, 0.2) is 0 Å². The van der Waals surface area contributed by atoms with Gasteiger partial charge in [-0.1, -0.05) is 66.2 Å². The Morgan fingerprint density at radius 2 is 1.36 bits per heavy atom. The van der Waals surface area contributed by atoms with Crippen LogP contribution in [0.25, 0.3) is 6.08 Å². The zero-order valence-corrected chi connectivity index (χ0v) is 19.8. The van der Waals surface area contributed by atoms with Gasteiger partial charge >= 0.3 is 0 Å². The Balaban J connectivity index is 1.55. The van der Waals surface area contributed by atoms with Crippen LogP contribution in [0.4, 0.5) is 0 Å². The highest BCUT2D eigenvalue weighted by Gasteiger charge is 2.41. The van der Waals surface area contributed by atoms with Crippen molar-refractivity contribution in [2.45, 2.75) is 38.0 Å². The molecule has 0 aliphatic heterocycles. The zero-order valence-electron chi connectivity index (χ0n) is 19.8. The van der Waals surface area contributed by atoms with E-state index in [0.717, 1.165) is 17.9 Å². The molecule has 33 heavy (non-hydrogen) atoms. The average Bonchev–Trinajstić information content (AvgIpc) is 3.26. The van der Waals surface area contributed by atoms with Crippen LogP contribution in [0.2, 0.25) is 0 Å². The van der Waals surface area contributed by atoms with Crippen LogP contribution in [0.15, 0.2) is 90.0 Å². The fourth-order valence-electron chi connectivity index (χ4n) is 5.62. The molecule has 0 bridgehead atoms. The molecule has 0 saturated heterocycles. The van der Waals surface area contributed by atoms with Gasteiger partial charge in [-0.05, 0) is 84.2 Å². The van der Waals surface area contributed by atoms with E-state index in [0.29, 0.717) is 17.8 Å². The van der Waals surface area contributed by atoms with Crippen molar-refractivity contribution in [3.63, 3.8) is 0 Å². The van der Waals surface area contributed by atoms with E-state index < -0.39 is 0 Å². The minimum Gasteiger partial charge on any atom is -0.497 e. The predicted octanol–water partition coefficient (Wildman–Crippen LogP) is 7.70. The van der Waals surface area contributed by atoms with Crippen LogP contribution in [-0.2, 0) is 0 Å². The molecule has 0 amide bonds. The van der Waals surface area contributed by atoms with Crippen LogP contribution in [0.1, 0.15) is 53.4 Å². The number of allylic oxidation sites excluding steroid dienone is 3. The van der Waals surface area contributed by atoms with Crippen molar-refractivity contribution in [3.8, 4) is 11.5 Å². The summed E-state index contributed by atoms with van der Waals surface area (Å²) in [5.74, 6) is 3.20. The quantitative estimate of drug-likeness (QED) is 0.408. The number of aryl methyl sites for hydroxylation is 1. The van der Waals surface area contributed by atoms with E-state index in [1.165, 1.54) is 40.7 Å². The molecule has 0 radical (unpaired) electrons. The highest BCUT2D eigenvalue weighted by molar-refractivity contribution is 5.62. The second-order valence-electron chi connectivity index (χ2n) is 9.30. The third kappa shape index (κ3) is 4.35. The van der Waals surface area contributed by atoms with Crippen molar-refractivity contribution in [2.24, 2.45) is 5.92 Å². The molecule has 5 rings (SSSR count). The molecule has 3 aromatic carbocycles. The first kappa shape index (κ1) is 21.6. The molecule has 0 aromatic heterocycles. The van der Waals surface area contributed by atoms with Gasteiger partial charge in [-0.3, -0.25) is 0 Å². The van der Waals surface area contributed by atoms with Crippen molar-refractivity contribution in [3.05, 3.63) is 112 Å². The summed E-state index contributed by atoms with van der Waals surface area (Å²) in [6, 6.07) is 26.3. The maximum Gasteiger partial charge on any atom is 0.118 e. The van der Waals surface area contributed by atoms with Crippen LogP contribution >= 0.6 is 0 Å². The summed E-state index contributed by atoms with van der Waals surface area (Å²) in [5.41, 5.74) is 8.41. The van der Waals surface area contributed by atoms with Gasteiger partial charge in [0.05, 0.1) is 14.2 Å². The highest BCUT2D eigenvalue weighted by Crippen LogP contribution is 2.55. The molecule has 0 N–H and O–H groups in total. The monoisotopic (exact) mass is 436 g/mol. The molecule has 2 heteroatoms. The fourth-order valence-corrected chi connectivity index (χ4v) is 5.62. The molecule has 1 saturated carbocycles. The summed E-state index contributed by atoms with van der Waals surface area (Å²) in [6.45, 7) is 2.17. The lowest BCUT2D eigenvalue weighted by atomic mass is 9.72. The third-order valence-corrected chi connectivity index (χ3v) is 7.33. The number of rotatable bonds is 5. The second-order valence-corrected chi connectivity index (χ2v) is 9.30. The number of methoxy groups -OCH3 is 2. The first-order valence-corrected chi connectivity index (χ1v) is 11.9. The molecular weight excluding hydrogens is 404 g/mol. The normalized spacial score (nSPS) is 23.2.